The fraction of sp³-hybridized carbons (Fsp3) is 0.583. The van der Waals surface area contributed by atoms with E-state index in [1.54, 1.807) is 0 Å². The molecule has 0 aliphatic carbocycles. The summed E-state index contributed by atoms with van der Waals surface area (Å²) in [6, 6.07) is 0. The van der Waals surface area contributed by atoms with Crippen LogP contribution in [-0.4, -0.2) is 37.4 Å². The molecule has 0 radical (unpaired) electrons. The standard InChI is InChI=1S/C12H17B2NO2/c1-11(2)12(3,4)17-14(16-11)9-7-13-10-8(9)5-6-15-10/h5,7,15H,6H2,1-4H3. The zero-order valence-electron chi connectivity index (χ0n) is 10.8. The summed E-state index contributed by atoms with van der Waals surface area (Å²) in [4.78, 5) is 0. The fourth-order valence-corrected chi connectivity index (χ4v) is 2.33. The first kappa shape index (κ1) is 11.3. The zero-order valence-corrected chi connectivity index (χ0v) is 10.8. The normalized spacial score (nSPS) is 28.0. The molecular formula is C12H17B2NO2. The molecule has 0 unspecified atom stereocenters. The molecule has 3 aliphatic rings. The van der Waals surface area contributed by atoms with Crippen molar-refractivity contribution >= 4 is 19.6 Å². The Morgan fingerprint density at radius 3 is 2.53 bits per heavy atom. The van der Waals surface area contributed by atoms with E-state index in [9.17, 15) is 0 Å². The third kappa shape index (κ3) is 1.56. The van der Waals surface area contributed by atoms with Gasteiger partial charge < -0.3 is 0 Å². The summed E-state index contributed by atoms with van der Waals surface area (Å²) < 4.78 is 12.1. The van der Waals surface area contributed by atoms with Gasteiger partial charge in [0.1, 0.15) is 0 Å². The van der Waals surface area contributed by atoms with Gasteiger partial charge in [-0.2, -0.15) is 0 Å². The van der Waals surface area contributed by atoms with Crippen LogP contribution in [0.15, 0.2) is 23.1 Å². The van der Waals surface area contributed by atoms with Crippen LogP contribution in [0.5, 0.6) is 0 Å². The number of rotatable bonds is 1. The number of hydrogen-bond acceptors (Lipinski definition) is 3. The molecule has 0 atom stereocenters. The Kier molecular flexibility index (Phi) is 2.23. The van der Waals surface area contributed by atoms with Crippen molar-refractivity contribution in [3.8, 4) is 0 Å². The Bertz CT molecular complexity index is 447. The van der Waals surface area contributed by atoms with Crippen LogP contribution in [0.1, 0.15) is 27.7 Å². The molecule has 0 aromatic rings. The Hall–Kier alpha value is -0.800. The maximum absolute atomic E-state index is 6.06. The summed E-state index contributed by atoms with van der Waals surface area (Å²) in [6.07, 6.45) is 2.19. The molecule has 3 rings (SSSR count). The van der Waals surface area contributed by atoms with Gasteiger partial charge in [0, 0.05) is 0 Å². The van der Waals surface area contributed by atoms with Gasteiger partial charge in [-0.05, 0) is 0 Å². The van der Waals surface area contributed by atoms with Crippen LogP contribution in [0, 0.1) is 0 Å². The van der Waals surface area contributed by atoms with E-state index in [4.69, 9.17) is 9.31 Å². The van der Waals surface area contributed by atoms with Gasteiger partial charge in [-0.25, -0.2) is 0 Å². The Labute approximate surface area is 103 Å². The van der Waals surface area contributed by atoms with E-state index in [1.165, 1.54) is 11.2 Å². The molecule has 1 saturated heterocycles. The maximum atomic E-state index is 6.06. The molecule has 3 nitrogen and oxygen atoms in total. The van der Waals surface area contributed by atoms with Crippen molar-refractivity contribution in [1.82, 2.24) is 5.32 Å². The Morgan fingerprint density at radius 1 is 1.24 bits per heavy atom. The molecule has 5 heteroatoms. The van der Waals surface area contributed by atoms with Crippen LogP contribution in [0.3, 0.4) is 0 Å². The van der Waals surface area contributed by atoms with Crippen LogP contribution >= 0.6 is 0 Å². The summed E-state index contributed by atoms with van der Waals surface area (Å²) in [7, 11) is -0.250. The molecule has 1 fully saturated rings. The zero-order chi connectivity index (χ0) is 12.3. The minimum atomic E-state index is -0.270. The first-order valence-corrected chi connectivity index (χ1v) is 6.13. The molecule has 1 N–H and O–H groups in total. The third-order valence-corrected chi connectivity index (χ3v) is 4.14. The molecule has 0 aromatic carbocycles. The second kappa shape index (κ2) is 3.36. The van der Waals surface area contributed by atoms with Gasteiger partial charge in [0.15, 0.2) is 0 Å². The van der Waals surface area contributed by atoms with Crippen LogP contribution < -0.4 is 5.32 Å². The van der Waals surface area contributed by atoms with Gasteiger partial charge >= 0.3 is 103 Å². The molecule has 17 heavy (non-hydrogen) atoms. The SMILES string of the molecule is CC1(C)OB(C2=CB=C3NCC=C32)OC1(C)C. The molecule has 0 spiro atoms. The molecule has 0 bridgehead atoms. The number of hydrogen-bond donors (Lipinski definition) is 1. The predicted molar refractivity (Wildman–Crippen MR) is 71.0 cm³/mol. The first-order valence-electron chi connectivity index (χ1n) is 6.13. The van der Waals surface area contributed by atoms with E-state index in [0.29, 0.717) is 0 Å². The fourth-order valence-electron chi connectivity index (χ4n) is 2.33. The van der Waals surface area contributed by atoms with Crippen LogP contribution in [0.2, 0.25) is 0 Å². The van der Waals surface area contributed by atoms with Gasteiger partial charge in [0.2, 0.25) is 0 Å². The van der Waals surface area contributed by atoms with E-state index in [1.807, 2.05) is 0 Å². The predicted octanol–water partition coefficient (Wildman–Crippen LogP) is 0.879. The molecule has 0 saturated carbocycles. The van der Waals surface area contributed by atoms with Gasteiger partial charge in [0.25, 0.3) is 0 Å². The second-order valence-electron chi connectivity index (χ2n) is 5.79. The van der Waals surface area contributed by atoms with E-state index < -0.39 is 0 Å². The van der Waals surface area contributed by atoms with E-state index in [0.717, 1.165) is 12.0 Å². The van der Waals surface area contributed by atoms with Crippen LogP contribution in [-0.2, 0) is 9.31 Å². The summed E-state index contributed by atoms with van der Waals surface area (Å²) in [5.41, 5.74) is 3.03. The van der Waals surface area contributed by atoms with Crippen molar-refractivity contribution in [2.75, 3.05) is 6.54 Å². The molecule has 88 valence electrons. The van der Waals surface area contributed by atoms with Crippen LogP contribution in [0.4, 0.5) is 0 Å². The van der Waals surface area contributed by atoms with Gasteiger partial charge in [-0.1, -0.05) is 0 Å². The minimum absolute atomic E-state index is 0.250. The summed E-state index contributed by atoms with van der Waals surface area (Å²) in [5.74, 6) is 2.09. The Morgan fingerprint density at radius 2 is 1.88 bits per heavy atom. The van der Waals surface area contributed by atoms with Crippen molar-refractivity contribution in [2.45, 2.75) is 38.9 Å². The molecule has 0 aromatic heterocycles. The van der Waals surface area contributed by atoms with Gasteiger partial charge in [0.05, 0.1) is 0 Å². The third-order valence-electron chi connectivity index (χ3n) is 4.14. The molecule has 0 amide bonds. The van der Waals surface area contributed by atoms with Crippen molar-refractivity contribution in [3.05, 3.63) is 23.1 Å². The molecule has 3 heterocycles. The van der Waals surface area contributed by atoms with Crippen LogP contribution in [0.25, 0.3) is 0 Å². The average molecular weight is 229 g/mol. The van der Waals surface area contributed by atoms with E-state index in [-0.39, 0.29) is 18.3 Å². The van der Waals surface area contributed by atoms with Crippen molar-refractivity contribution in [2.24, 2.45) is 0 Å². The molecule has 3 aliphatic heterocycles. The van der Waals surface area contributed by atoms with E-state index >= 15 is 0 Å². The second-order valence-corrected chi connectivity index (χ2v) is 5.79. The number of nitrogens with one attached hydrogen (secondary N) is 1. The summed E-state index contributed by atoms with van der Waals surface area (Å²) in [6.45, 7) is 11.3. The van der Waals surface area contributed by atoms with Crippen molar-refractivity contribution < 1.29 is 9.31 Å². The quantitative estimate of drug-likeness (QED) is 0.677. The summed E-state index contributed by atoms with van der Waals surface area (Å²) >= 11 is 0. The molecular weight excluding hydrogens is 212 g/mol. The monoisotopic (exact) mass is 229 g/mol. The topological polar surface area (TPSA) is 30.5 Å². The van der Waals surface area contributed by atoms with E-state index in [2.05, 4.69) is 52.0 Å². The van der Waals surface area contributed by atoms with Crippen molar-refractivity contribution in [3.63, 3.8) is 0 Å². The first-order chi connectivity index (χ1) is 7.91. The number of fused-ring (bicyclic) bond motifs is 1. The average Bonchev–Trinajstić information content (AvgIpc) is 2.78. The Balaban J connectivity index is 1.86. The van der Waals surface area contributed by atoms with Crippen molar-refractivity contribution in [1.29, 1.82) is 0 Å². The van der Waals surface area contributed by atoms with Gasteiger partial charge in [-0.3, -0.25) is 0 Å². The summed E-state index contributed by atoms with van der Waals surface area (Å²) in [5, 5.41) is 3.32. The van der Waals surface area contributed by atoms with Gasteiger partial charge in [-0.15, -0.1) is 0 Å².